The van der Waals surface area contributed by atoms with Gasteiger partial charge in [-0.15, -0.1) is 0 Å². The van der Waals surface area contributed by atoms with Gasteiger partial charge in [0.1, 0.15) is 17.5 Å². The molecule has 1 aliphatic heterocycles. The van der Waals surface area contributed by atoms with Gasteiger partial charge >= 0.3 is 0 Å². The van der Waals surface area contributed by atoms with E-state index in [9.17, 15) is 10.4 Å². The highest BCUT2D eigenvalue weighted by atomic mass is 16.5. The van der Waals surface area contributed by atoms with E-state index in [-0.39, 0.29) is 0 Å². The number of hydrogen-bond donors (Lipinski definition) is 1. The highest BCUT2D eigenvalue weighted by molar-refractivity contribution is 5.55. The van der Waals surface area contributed by atoms with Gasteiger partial charge in [-0.3, -0.25) is 4.68 Å². The zero-order valence-electron chi connectivity index (χ0n) is 17.7. The minimum atomic E-state index is -0.816. The third kappa shape index (κ3) is 3.53. The van der Waals surface area contributed by atoms with E-state index in [4.69, 9.17) is 4.74 Å². The van der Waals surface area contributed by atoms with Crippen molar-refractivity contribution in [3.8, 4) is 11.8 Å². The Morgan fingerprint density at radius 2 is 1.93 bits per heavy atom. The maximum atomic E-state index is 11.4. The predicted molar refractivity (Wildman–Crippen MR) is 115 cm³/mol. The number of aliphatic hydroxyl groups is 1. The van der Waals surface area contributed by atoms with Crippen LogP contribution in [0.15, 0.2) is 54.6 Å². The van der Waals surface area contributed by atoms with E-state index in [1.54, 1.807) is 6.07 Å². The molecule has 154 valence electrons. The maximum absolute atomic E-state index is 11.4. The van der Waals surface area contributed by atoms with Crippen molar-refractivity contribution in [3.63, 3.8) is 0 Å². The molecule has 2 aromatic carbocycles. The molecule has 1 aromatic heterocycles. The number of aliphatic hydroxyl groups excluding tert-OH is 1. The summed E-state index contributed by atoms with van der Waals surface area (Å²) in [5, 5.41) is 25.5. The lowest BCUT2D eigenvalue weighted by Crippen LogP contribution is -2.53. The van der Waals surface area contributed by atoms with Crippen LogP contribution in [0, 0.1) is 18.3 Å². The van der Waals surface area contributed by atoms with Gasteiger partial charge in [-0.25, -0.2) is 0 Å². The molecular formula is C24H26N4O2. The number of nitrogens with zero attached hydrogens (tertiary/aromatic N) is 4. The van der Waals surface area contributed by atoms with Crippen LogP contribution in [0.25, 0.3) is 0 Å². The van der Waals surface area contributed by atoms with Crippen LogP contribution in [0.1, 0.15) is 42.4 Å². The average Bonchev–Trinajstić information content (AvgIpc) is 3.05. The van der Waals surface area contributed by atoms with Crippen LogP contribution in [0.4, 0.5) is 5.69 Å². The first kappa shape index (κ1) is 20.0. The molecule has 4 rings (SSSR count). The first-order chi connectivity index (χ1) is 14.3. The summed E-state index contributed by atoms with van der Waals surface area (Å²) in [4.78, 5) is 2.15. The number of aryl methyl sites for hydroxylation is 2. The Balaban J connectivity index is 1.87. The Kier molecular flexibility index (Phi) is 5.00. The lowest BCUT2D eigenvalue weighted by atomic mass is 9.84. The second kappa shape index (κ2) is 7.51. The van der Waals surface area contributed by atoms with Gasteiger partial charge in [-0.2, -0.15) is 10.4 Å². The number of anilines is 1. The molecule has 0 amide bonds. The van der Waals surface area contributed by atoms with Gasteiger partial charge in [-0.05, 0) is 57.2 Å². The molecule has 3 aromatic rings. The van der Waals surface area contributed by atoms with Crippen molar-refractivity contribution in [3.05, 3.63) is 77.1 Å². The molecule has 0 spiro atoms. The van der Waals surface area contributed by atoms with E-state index >= 15 is 0 Å². The van der Waals surface area contributed by atoms with Crippen LogP contribution in [0.5, 0.6) is 5.75 Å². The van der Waals surface area contributed by atoms with Gasteiger partial charge in [0, 0.05) is 24.0 Å². The third-order valence-electron chi connectivity index (χ3n) is 5.76. The lowest BCUT2D eigenvalue weighted by molar-refractivity contribution is -0.0590. The second-order valence-corrected chi connectivity index (χ2v) is 8.32. The van der Waals surface area contributed by atoms with E-state index in [0.717, 1.165) is 22.6 Å². The summed E-state index contributed by atoms with van der Waals surface area (Å²) in [6.45, 7) is 6.31. The normalized spacial score (nSPS) is 19.5. The van der Waals surface area contributed by atoms with Gasteiger partial charge in [0.05, 0.1) is 29.9 Å². The molecular weight excluding hydrogens is 376 g/mol. The Bertz CT molecular complexity index is 1080. The Morgan fingerprint density at radius 3 is 2.57 bits per heavy atom. The SMILES string of the molecule is Cc1cc(CN(c2ccccc2)[C@H]2c3cc(C#N)ccc3OC(C)(C)[C@@H]2O)nn1C. The van der Waals surface area contributed by atoms with Gasteiger partial charge in [0.2, 0.25) is 0 Å². The van der Waals surface area contributed by atoms with Gasteiger partial charge < -0.3 is 14.7 Å². The summed E-state index contributed by atoms with van der Waals surface area (Å²) < 4.78 is 7.97. The van der Waals surface area contributed by atoms with Crippen LogP contribution in [0.3, 0.4) is 0 Å². The third-order valence-corrected chi connectivity index (χ3v) is 5.76. The van der Waals surface area contributed by atoms with Gasteiger partial charge in [0.25, 0.3) is 0 Å². The first-order valence-electron chi connectivity index (χ1n) is 10.0. The predicted octanol–water partition coefficient (Wildman–Crippen LogP) is 3.88. The summed E-state index contributed by atoms with van der Waals surface area (Å²) in [5.74, 6) is 0.687. The van der Waals surface area contributed by atoms with Crippen molar-refractivity contribution in [2.75, 3.05) is 4.90 Å². The molecule has 1 aliphatic rings. The summed E-state index contributed by atoms with van der Waals surface area (Å²) in [5.41, 5.74) is 3.49. The maximum Gasteiger partial charge on any atom is 0.132 e. The van der Waals surface area contributed by atoms with Crippen molar-refractivity contribution < 1.29 is 9.84 Å². The van der Waals surface area contributed by atoms with Crippen molar-refractivity contribution >= 4 is 5.69 Å². The fourth-order valence-corrected chi connectivity index (χ4v) is 4.03. The van der Waals surface area contributed by atoms with Crippen LogP contribution in [-0.4, -0.2) is 26.6 Å². The van der Waals surface area contributed by atoms with E-state index in [1.807, 2.05) is 75.0 Å². The molecule has 6 nitrogen and oxygen atoms in total. The topological polar surface area (TPSA) is 74.3 Å². The minimum Gasteiger partial charge on any atom is -0.485 e. The Labute approximate surface area is 176 Å². The molecule has 0 saturated carbocycles. The molecule has 0 unspecified atom stereocenters. The van der Waals surface area contributed by atoms with Gasteiger partial charge in [-0.1, -0.05) is 18.2 Å². The average molecular weight is 402 g/mol. The highest BCUT2D eigenvalue weighted by Gasteiger charge is 2.45. The number of aromatic nitrogens is 2. The number of nitriles is 1. The number of para-hydroxylation sites is 1. The van der Waals surface area contributed by atoms with E-state index in [2.05, 4.69) is 22.1 Å². The molecule has 2 atom stereocenters. The second-order valence-electron chi connectivity index (χ2n) is 8.32. The number of ether oxygens (including phenoxy) is 1. The molecule has 0 fully saturated rings. The van der Waals surface area contributed by atoms with Gasteiger partial charge in [0.15, 0.2) is 0 Å². The first-order valence-corrected chi connectivity index (χ1v) is 10.0. The molecule has 0 bridgehead atoms. The number of rotatable bonds is 4. The van der Waals surface area contributed by atoms with Crippen LogP contribution in [-0.2, 0) is 13.6 Å². The minimum absolute atomic E-state index is 0.401. The fourth-order valence-electron chi connectivity index (χ4n) is 4.03. The van der Waals surface area contributed by atoms with Crippen molar-refractivity contribution in [1.29, 1.82) is 5.26 Å². The molecule has 2 heterocycles. The monoisotopic (exact) mass is 402 g/mol. The molecule has 6 heteroatoms. The van der Waals surface area contributed by atoms with Crippen LogP contribution in [0.2, 0.25) is 0 Å². The number of benzene rings is 2. The number of fused-ring (bicyclic) bond motifs is 1. The number of hydrogen-bond acceptors (Lipinski definition) is 5. The van der Waals surface area contributed by atoms with E-state index in [0.29, 0.717) is 17.9 Å². The quantitative estimate of drug-likeness (QED) is 0.717. The molecule has 0 radical (unpaired) electrons. The largest absolute Gasteiger partial charge is 0.485 e. The summed E-state index contributed by atoms with van der Waals surface area (Å²) in [6, 6.07) is 19.2. The fraction of sp³-hybridized carbons (Fsp3) is 0.333. The summed E-state index contributed by atoms with van der Waals surface area (Å²) in [7, 11) is 1.92. The standard InChI is InChI=1S/C24H26N4O2/c1-16-12-18(26-27(16)4)15-28(19-8-6-5-7-9-19)22-20-13-17(14-25)10-11-21(20)30-24(2,3)23(22)29/h5-13,22-23,29H,15H2,1-4H3/t22-,23+/m0/s1. The van der Waals surface area contributed by atoms with Crippen LogP contribution >= 0.6 is 0 Å². The van der Waals surface area contributed by atoms with Crippen molar-refractivity contribution in [2.24, 2.45) is 7.05 Å². The summed E-state index contributed by atoms with van der Waals surface area (Å²) in [6.07, 6.45) is -0.816. The molecule has 30 heavy (non-hydrogen) atoms. The van der Waals surface area contributed by atoms with E-state index < -0.39 is 17.7 Å². The molecule has 0 saturated heterocycles. The Hall–Kier alpha value is -3.30. The van der Waals surface area contributed by atoms with Crippen molar-refractivity contribution in [2.45, 2.75) is 45.1 Å². The smallest absolute Gasteiger partial charge is 0.132 e. The molecule has 0 aliphatic carbocycles. The zero-order valence-corrected chi connectivity index (χ0v) is 17.7. The highest BCUT2D eigenvalue weighted by Crippen LogP contribution is 2.45. The Morgan fingerprint density at radius 1 is 1.20 bits per heavy atom. The van der Waals surface area contributed by atoms with E-state index in [1.165, 1.54) is 0 Å². The van der Waals surface area contributed by atoms with Crippen LogP contribution < -0.4 is 9.64 Å². The lowest BCUT2D eigenvalue weighted by Gasteiger charge is -2.47. The van der Waals surface area contributed by atoms with Crippen molar-refractivity contribution in [1.82, 2.24) is 9.78 Å². The molecule has 1 N–H and O–H groups in total. The zero-order chi connectivity index (χ0) is 21.5. The summed E-state index contributed by atoms with van der Waals surface area (Å²) >= 11 is 0.